The molecule has 0 amide bonds. The molecule has 1 aromatic carbocycles. The Bertz CT molecular complexity index is 381. The van der Waals surface area contributed by atoms with Crippen molar-refractivity contribution in [2.75, 3.05) is 18.0 Å². The van der Waals surface area contributed by atoms with Crippen LogP contribution in [0, 0.1) is 5.41 Å². The average molecular weight is 233 g/mol. The molecule has 1 unspecified atom stereocenters. The number of nitrogens with zero attached hydrogens (tertiary/aromatic N) is 1. The van der Waals surface area contributed by atoms with Crippen molar-refractivity contribution < 1.29 is 5.11 Å². The highest BCUT2D eigenvalue weighted by atomic mass is 16.3. The van der Waals surface area contributed by atoms with Crippen LogP contribution in [0.4, 0.5) is 5.69 Å². The highest BCUT2D eigenvalue weighted by Gasteiger charge is 2.23. The van der Waals surface area contributed by atoms with Gasteiger partial charge >= 0.3 is 0 Å². The van der Waals surface area contributed by atoms with Gasteiger partial charge in [-0.25, -0.2) is 0 Å². The monoisotopic (exact) mass is 233 g/mol. The average Bonchev–Trinajstić information content (AvgIpc) is 2.27. The summed E-state index contributed by atoms with van der Waals surface area (Å²) in [6.07, 6.45) is 1.75. The van der Waals surface area contributed by atoms with Crippen molar-refractivity contribution in [1.29, 1.82) is 0 Å². The van der Waals surface area contributed by atoms with E-state index in [9.17, 15) is 5.11 Å². The van der Waals surface area contributed by atoms with Crippen LogP contribution in [0.5, 0.6) is 0 Å². The van der Waals surface area contributed by atoms with E-state index in [0.29, 0.717) is 5.41 Å². The molecule has 1 atom stereocenters. The standard InChI is InChI=1S/C15H23NO/c1-15(2,3)9-11-16-10-8-14(17)12-6-4-5-7-13(12)16/h4-7,14,17H,8-11H2,1-3H3. The zero-order valence-corrected chi connectivity index (χ0v) is 11.1. The second kappa shape index (κ2) is 4.69. The van der Waals surface area contributed by atoms with Gasteiger partial charge in [0.2, 0.25) is 0 Å². The predicted octanol–water partition coefficient (Wildman–Crippen LogP) is 3.37. The van der Waals surface area contributed by atoms with Crippen LogP contribution in [0.2, 0.25) is 0 Å². The fourth-order valence-electron chi connectivity index (χ4n) is 2.31. The Labute approximate surface area is 104 Å². The third kappa shape index (κ3) is 3.01. The summed E-state index contributed by atoms with van der Waals surface area (Å²) in [4.78, 5) is 2.41. The van der Waals surface area contributed by atoms with Crippen molar-refractivity contribution >= 4 is 5.69 Å². The van der Waals surface area contributed by atoms with Crippen molar-refractivity contribution in [2.24, 2.45) is 5.41 Å². The van der Waals surface area contributed by atoms with Gasteiger partial charge in [0, 0.05) is 24.3 Å². The molecular formula is C15H23NO. The molecule has 1 N–H and O–H groups in total. The van der Waals surface area contributed by atoms with Crippen LogP contribution in [-0.2, 0) is 0 Å². The molecule has 1 aromatic rings. The Morgan fingerprint density at radius 3 is 2.71 bits per heavy atom. The number of aliphatic hydroxyl groups excluding tert-OH is 1. The maximum absolute atomic E-state index is 9.98. The number of anilines is 1. The Morgan fingerprint density at radius 2 is 2.00 bits per heavy atom. The molecule has 1 heterocycles. The number of hydrogen-bond donors (Lipinski definition) is 1. The first kappa shape index (κ1) is 12.4. The van der Waals surface area contributed by atoms with E-state index in [1.54, 1.807) is 0 Å². The highest BCUT2D eigenvalue weighted by molar-refractivity contribution is 5.56. The van der Waals surface area contributed by atoms with Crippen LogP contribution in [-0.4, -0.2) is 18.2 Å². The van der Waals surface area contributed by atoms with Gasteiger partial charge < -0.3 is 10.0 Å². The van der Waals surface area contributed by atoms with Crippen LogP contribution in [0.1, 0.15) is 45.3 Å². The minimum absolute atomic E-state index is 0.280. The van der Waals surface area contributed by atoms with Gasteiger partial charge in [-0.05, 0) is 24.3 Å². The zero-order chi connectivity index (χ0) is 12.5. The fourth-order valence-corrected chi connectivity index (χ4v) is 2.31. The third-order valence-electron chi connectivity index (χ3n) is 3.44. The summed E-state index contributed by atoms with van der Waals surface area (Å²) in [5, 5.41) is 9.98. The number of rotatable bonds is 2. The van der Waals surface area contributed by atoms with E-state index >= 15 is 0 Å². The van der Waals surface area contributed by atoms with Crippen LogP contribution >= 0.6 is 0 Å². The number of benzene rings is 1. The van der Waals surface area contributed by atoms with E-state index in [4.69, 9.17) is 0 Å². The Morgan fingerprint density at radius 1 is 1.29 bits per heavy atom. The summed E-state index contributed by atoms with van der Waals surface area (Å²) in [7, 11) is 0. The van der Waals surface area contributed by atoms with E-state index < -0.39 is 0 Å². The van der Waals surface area contributed by atoms with Crippen molar-refractivity contribution in [3.63, 3.8) is 0 Å². The molecule has 17 heavy (non-hydrogen) atoms. The van der Waals surface area contributed by atoms with Gasteiger partial charge in [-0.1, -0.05) is 39.0 Å². The van der Waals surface area contributed by atoms with Crippen LogP contribution in [0.3, 0.4) is 0 Å². The van der Waals surface area contributed by atoms with Crippen molar-refractivity contribution in [1.82, 2.24) is 0 Å². The predicted molar refractivity (Wildman–Crippen MR) is 72.3 cm³/mol. The summed E-state index contributed by atoms with van der Waals surface area (Å²) < 4.78 is 0. The maximum Gasteiger partial charge on any atom is 0.0826 e. The first-order valence-corrected chi connectivity index (χ1v) is 6.49. The van der Waals surface area contributed by atoms with Crippen LogP contribution in [0.25, 0.3) is 0 Å². The largest absolute Gasteiger partial charge is 0.388 e. The number of fused-ring (bicyclic) bond motifs is 1. The number of aliphatic hydroxyl groups is 1. The molecule has 0 saturated carbocycles. The summed E-state index contributed by atoms with van der Waals surface area (Å²) in [5.74, 6) is 0. The first-order chi connectivity index (χ1) is 7.97. The number of para-hydroxylation sites is 1. The molecule has 1 aliphatic heterocycles. The van der Waals surface area contributed by atoms with Gasteiger partial charge in [-0.15, -0.1) is 0 Å². The third-order valence-corrected chi connectivity index (χ3v) is 3.44. The molecule has 94 valence electrons. The van der Waals surface area contributed by atoms with Gasteiger partial charge in [-0.2, -0.15) is 0 Å². The van der Waals surface area contributed by atoms with Crippen molar-refractivity contribution in [3.8, 4) is 0 Å². The fraction of sp³-hybridized carbons (Fsp3) is 0.600. The molecule has 0 spiro atoms. The molecule has 0 bridgehead atoms. The van der Waals surface area contributed by atoms with Crippen LogP contribution < -0.4 is 4.90 Å². The molecular weight excluding hydrogens is 210 g/mol. The molecule has 0 radical (unpaired) electrons. The lowest BCUT2D eigenvalue weighted by Crippen LogP contribution is -2.33. The number of hydrogen-bond acceptors (Lipinski definition) is 2. The molecule has 0 saturated heterocycles. The molecule has 0 fully saturated rings. The summed E-state index contributed by atoms with van der Waals surface area (Å²) in [5.41, 5.74) is 2.67. The lowest BCUT2D eigenvalue weighted by molar-refractivity contribution is 0.163. The Balaban J connectivity index is 2.13. The lowest BCUT2D eigenvalue weighted by atomic mass is 9.91. The molecule has 0 aromatic heterocycles. The molecule has 2 rings (SSSR count). The minimum Gasteiger partial charge on any atom is -0.388 e. The van der Waals surface area contributed by atoms with Crippen LogP contribution in [0.15, 0.2) is 24.3 Å². The van der Waals surface area contributed by atoms with Gasteiger partial charge in [0.05, 0.1) is 6.10 Å². The zero-order valence-electron chi connectivity index (χ0n) is 11.1. The Kier molecular flexibility index (Phi) is 3.43. The second-order valence-corrected chi connectivity index (χ2v) is 6.16. The van der Waals surface area contributed by atoms with E-state index in [2.05, 4.69) is 37.8 Å². The minimum atomic E-state index is -0.280. The van der Waals surface area contributed by atoms with Gasteiger partial charge in [0.15, 0.2) is 0 Å². The van der Waals surface area contributed by atoms with E-state index in [1.807, 2.05) is 12.1 Å². The van der Waals surface area contributed by atoms with Gasteiger partial charge in [0.25, 0.3) is 0 Å². The normalized spacial score (nSPS) is 20.2. The second-order valence-electron chi connectivity index (χ2n) is 6.16. The smallest absolute Gasteiger partial charge is 0.0826 e. The van der Waals surface area contributed by atoms with Crippen molar-refractivity contribution in [2.45, 2.75) is 39.7 Å². The molecule has 0 aliphatic carbocycles. The molecule has 2 heteroatoms. The van der Waals surface area contributed by atoms with Gasteiger partial charge in [0.1, 0.15) is 0 Å². The SMILES string of the molecule is CC(C)(C)CCN1CCC(O)c2ccccc21. The highest BCUT2D eigenvalue weighted by Crippen LogP contribution is 2.34. The van der Waals surface area contributed by atoms with E-state index in [0.717, 1.165) is 25.1 Å². The quantitative estimate of drug-likeness (QED) is 0.846. The van der Waals surface area contributed by atoms with E-state index in [1.165, 1.54) is 12.1 Å². The summed E-state index contributed by atoms with van der Waals surface area (Å²) >= 11 is 0. The lowest BCUT2D eigenvalue weighted by Gasteiger charge is -2.35. The topological polar surface area (TPSA) is 23.5 Å². The summed E-state index contributed by atoms with van der Waals surface area (Å²) in [6, 6.07) is 8.24. The summed E-state index contributed by atoms with van der Waals surface area (Å²) in [6.45, 7) is 8.87. The molecule has 1 aliphatic rings. The van der Waals surface area contributed by atoms with E-state index in [-0.39, 0.29) is 6.10 Å². The Hall–Kier alpha value is -1.02. The maximum atomic E-state index is 9.98. The first-order valence-electron chi connectivity index (χ1n) is 6.49. The molecule has 2 nitrogen and oxygen atoms in total. The van der Waals surface area contributed by atoms with Crippen molar-refractivity contribution in [3.05, 3.63) is 29.8 Å². The van der Waals surface area contributed by atoms with Gasteiger partial charge in [-0.3, -0.25) is 0 Å².